The maximum atomic E-state index is 5.62. The highest BCUT2D eigenvalue weighted by molar-refractivity contribution is 4.87. The van der Waals surface area contributed by atoms with E-state index in [0.717, 1.165) is 19.8 Å². The molecule has 0 bridgehead atoms. The van der Waals surface area contributed by atoms with Crippen LogP contribution in [0.2, 0.25) is 0 Å². The van der Waals surface area contributed by atoms with Crippen molar-refractivity contribution in [2.45, 2.75) is 59.9 Å². The molecule has 0 amide bonds. The maximum absolute atomic E-state index is 5.62. The average Bonchev–Trinajstić information content (AvgIpc) is 2.60. The number of hydrogen-bond donors (Lipinski definition) is 1. The van der Waals surface area contributed by atoms with Crippen molar-refractivity contribution < 1.29 is 4.74 Å². The van der Waals surface area contributed by atoms with Gasteiger partial charge >= 0.3 is 0 Å². The molecule has 1 fully saturated rings. The second kappa shape index (κ2) is 5.50. The maximum Gasteiger partial charge on any atom is 0.0535 e. The van der Waals surface area contributed by atoms with Crippen LogP contribution >= 0.6 is 0 Å². The zero-order valence-electron chi connectivity index (χ0n) is 11.7. The van der Waals surface area contributed by atoms with E-state index in [9.17, 15) is 0 Å². The van der Waals surface area contributed by atoms with Crippen LogP contribution in [-0.2, 0) is 4.74 Å². The lowest BCUT2D eigenvalue weighted by Crippen LogP contribution is -2.38. The van der Waals surface area contributed by atoms with Crippen LogP contribution < -0.4 is 5.32 Å². The van der Waals surface area contributed by atoms with Gasteiger partial charge in [-0.2, -0.15) is 0 Å². The highest BCUT2D eigenvalue weighted by Crippen LogP contribution is 2.37. The lowest BCUT2D eigenvalue weighted by atomic mass is 9.77. The number of nitrogens with one attached hydrogen (secondary N) is 1. The van der Waals surface area contributed by atoms with E-state index in [0.29, 0.717) is 16.9 Å². The zero-order valence-corrected chi connectivity index (χ0v) is 11.7. The first kappa shape index (κ1) is 14.0. The first-order chi connectivity index (χ1) is 7.33. The average molecular weight is 227 g/mol. The summed E-state index contributed by atoms with van der Waals surface area (Å²) in [6, 6.07) is 0.576. The smallest absolute Gasteiger partial charge is 0.0535 e. The largest absolute Gasteiger partial charge is 0.381 e. The van der Waals surface area contributed by atoms with Crippen LogP contribution in [0.1, 0.15) is 53.9 Å². The molecule has 1 N–H and O–H groups in total. The van der Waals surface area contributed by atoms with E-state index < -0.39 is 0 Å². The molecule has 1 aliphatic rings. The summed E-state index contributed by atoms with van der Waals surface area (Å²) in [6.45, 7) is 14.4. The summed E-state index contributed by atoms with van der Waals surface area (Å²) in [5.41, 5.74) is 0.838. The van der Waals surface area contributed by atoms with E-state index in [1.165, 1.54) is 19.3 Å². The summed E-state index contributed by atoms with van der Waals surface area (Å²) in [6.07, 6.45) is 3.80. The van der Waals surface area contributed by atoms with Crippen molar-refractivity contribution in [1.29, 1.82) is 0 Å². The van der Waals surface area contributed by atoms with Crippen molar-refractivity contribution in [3.05, 3.63) is 0 Å². The van der Waals surface area contributed by atoms with Crippen LogP contribution in [0, 0.1) is 10.8 Å². The van der Waals surface area contributed by atoms with Crippen LogP contribution in [-0.4, -0.2) is 25.8 Å². The minimum atomic E-state index is 0.400. The second-order valence-electron chi connectivity index (χ2n) is 6.90. The monoisotopic (exact) mass is 227 g/mol. The molecule has 1 atom stereocenters. The lowest BCUT2D eigenvalue weighted by molar-refractivity contribution is 0.131. The Hall–Kier alpha value is -0.0800. The minimum Gasteiger partial charge on any atom is -0.381 e. The summed E-state index contributed by atoms with van der Waals surface area (Å²) < 4.78 is 5.62. The zero-order chi connectivity index (χ0) is 12.2. The predicted molar refractivity (Wildman–Crippen MR) is 69.7 cm³/mol. The van der Waals surface area contributed by atoms with Crippen molar-refractivity contribution in [3.8, 4) is 0 Å². The number of ether oxygens (including phenoxy) is 1. The third kappa shape index (κ3) is 4.84. The lowest BCUT2D eigenvalue weighted by Gasteiger charge is -2.32. The molecule has 1 unspecified atom stereocenters. The Balaban J connectivity index is 2.45. The molecule has 0 aliphatic carbocycles. The number of hydrogen-bond acceptors (Lipinski definition) is 2. The predicted octanol–water partition coefficient (Wildman–Crippen LogP) is 3.22. The van der Waals surface area contributed by atoms with Gasteiger partial charge in [0, 0.05) is 24.6 Å². The van der Waals surface area contributed by atoms with Gasteiger partial charge in [0.05, 0.1) is 6.61 Å². The molecule has 0 aromatic heterocycles. The standard InChI is InChI=1S/C14H29NO/c1-12(2)15-10-14(8-9-16-11-14)7-6-13(3,4)5/h12,15H,6-11H2,1-5H3. The SMILES string of the molecule is CC(C)NCC1(CCC(C)(C)C)CCOC1. The van der Waals surface area contributed by atoms with Gasteiger partial charge in [-0.25, -0.2) is 0 Å². The van der Waals surface area contributed by atoms with Crippen LogP contribution in [0.3, 0.4) is 0 Å². The van der Waals surface area contributed by atoms with E-state index in [2.05, 4.69) is 39.9 Å². The molecule has 1 heterocycles. The molecular formula is C14H29NO. The topological polar surface area (TPSA) is 21.3 Å². The molecule has 0 radical (unpaired) electrons. The van der Waals surface area contributed by atoms with E-state index in [1.54, 1.807) is 0 Å². The first-order valence-corrected chi connectivity index (χ1v) is 6.64. The molecule has 1 rings (SSSR count). The molecule has 0 spiro atoms. The van der Waals surface area contributed by atoms with Crippen LogP contribution in [0.15, 0.2) is 0 Å². The highest BCUT2D eigenvalue weighted by atomic mass is 16.5. The molecule has 1 aliphatic heterocycles. The van der Waals surface area contributed by atoms with Crippen molar-refractivity contribution in [2.75, 3.05) is 19.8 Å². The summed E-state index contributed by atoms with van der Waals surface area (Å²) in [5.74, 6) is 0. The van der Waals surface area contributed by atoms with E-state index in [1.807, 2.05) is 0 Å². The normalized spacial score (nSPS) is 26.6. The van der Waals surface area contributed by atoms with Gasteiger partial charge in [-0.05, 0) is 24.7 Å². The van der Waals surface area contributed by atoms with E-state index in [-0.39, 0.29) is 0 Å². The minimum absolute atomic E-state index is 0.400. The fraction of sp³-hybridized carbons (Fsp3) is 1.00. The van der Waals surface area contributed by atoms with Crippen LogP contribution in [0.4, 0.5) is 0 Å². The fourth-order valence-corrected chi connectivity index (χ4v) is 2.14. The molecule has 0 saturated carbocycles. The molecule has 2 heteroatoms. The van der Waals surface area contributed by atoms with Gasteiger partial charge in [-0.15, -0.1) is 0 Å². The first-order valence-electron chi connectivity index (χ1n) is 6.64. The Kier molecular flexibility index (Phi) is 4.81. The summed E-state index contributed by atoms with van der Waals surface area (Å²) in [4.78, 5) is 0. The van der Waals surface area contributed by atoms with Gasteiger partial charge < -0.3 is 10.1 Å². The third-order valence-corrected chi connectivity index (χ3v) is 3.48. The summed E-state index contributed by atoms with van der Waals surface area (Å²) in [7, 11) is 0. The van der Waals surface area contributed by atoms with Crippen LogP contribution in [0.5, 0.6) is 0 Å². The van der Waals surface area contributed by atoms with Gasteiger partial charge in [-0.1, -0.05) is 34.6 Å². The van der Waals surface area contributed by atoms with Crippen molar-refractivity contribution >= 4 is 0 Å². The molecule has 2 nitrogen and oxygen atoms in total. The fourth-order valence-electron chi connectivity index (χ4n) is 2.14. The molecule has 0 aromatic carbocycles. The number of rotatable bonds is 5. The highest BCUT2D eigenvalue weighted by Gasteiger charge is 2.35. The molecule has 0 aromatic rings. The van der Waals surface area contributed by atoms with Gasteiger partial charge in [0.25, 0.3) is 0 Å². The Morgan fingerprint density at radius 3 is 2.44 bits per heavy atom. The van der Waals surface area contributed by atoms with Crippen molar-refractivity contribution in [2.24, 2.45) is 10.8 Å². The van der Waals surface area contributed by atoms with Gasteiger partial charge in [0.1, 0.15) is 0 Å². The van der Waals surface area contributed by atoms with Gasteiger partial charge in [0.2, 0.25) is 0 Å². The summed E-state index contributed by atoms with van der Waals surface area (Å²) >= 11 is 0. The summed E-state index contributed by atoms with van der Waals surface area (Å²) in [5, 5.41) is 3.58. The van der Waals surface area contributed by atoms with Crippen LogP contribution in [0.25, 0.3) is 0 Å². The van der Waals surface area contributed by atoms with E-state index >= 15 is 0 Å². The molecule has 1 saturated heterocycles. The molecule has 16 heavy (non-hydrogen) atoms. The quantitative estimate of drug-likeness (QED) is 0.778. The molecular weight excluding hydrogens is 198 g/mol. The Morgan fingerprint density at radius 2 is 2.00 bits per heavy atom. The Labute approximate surface area is 101 Å². The third-order valence-electron chi connectivity index (χ3n) is 3.48. The van der Waals surface area contributed by atoms with E-state index in [4.69, 9.17) is 4.74 Å². The molecule has 96 valence electrons. The van der Waals surface area contributed by atoms with Crippen molar-refractivity contribution in [3.63, 3.8) is 0 Å². The van der Waals surface area contributed by atoms with Gasteiger partial charge in [0.15, 0.2) is 0 Å². The van der Waals surface area contributed by atoms with Gasteiger partial charge in [-0.3, -0.25) is 0 Å². The Morgan fingerprint density at radius 1 is 1.31 bits per heavy atom. The van der Waals surface area contributed by atoms with Crippen molar-refractivity contribution in [1.82, 2.24) is 5.32 Å². The Bertz CT molecular complexity index is 199. The second-order valence-corrected chi connectivity index (χ2v) is 6.90.